The van der Waals surface area contributed by atoms with Crippen molar-refractivity contribution in [3.8, 4) is 0 Å². The molecule has 0 aliphatic carbocycles. The van der Waals surface area contributed by atoms with Crippen LogP contribution in [0.1, 0.15) is 24.9 Å². The Morgan fingerprint density at radius 1 is 1.09 bits per heavy atom. The van der Waals surface area contributed by atoms with Gasteiger partial charge < -0.3 is 4.74 Å². The topological polar surface area (TPSA) is 84.5 Å². The molecule has 1 aromatic carbocycles. The summed E-state index contributed by atoms with van der Waals surface area (Å²) in [6.45, 7) is 1.39. The van der Waals surface area contributed by atoms with Gasteiger partial charge in [0.05, 0.1) is 0 Å². The molecule has 0 saturated heterocycles. The van der Waals surface area contributed by atoms with Crippen LogP contribution in [0.2, 0.25) is 0 Å². The zero-order valence-electron chi connectivity index (χ0n) is 12.1. The van der Waals surface area contributed by atoms with E-state index in [0.29, 0.717) is 10.4 Å². The van der Waals surface area contributed by atoms with Crippen molar-refractivity contribution >= 4 is 45.1 Å². The summed E-state index contributed by atoms with van der Waals surface area (Å²) < 4.78 is 5.70. The van der Waals surface area contributed by atoms with Gasteiger partial charge in [-0.25, -0.2) is 4.79 Å². The second-order valence-corrected chi connectivity index (χ2v) is 6.70. The maximum absolute atomic E-state index is 11.8. The fraction of sp³-hybridized carbons (Fsp3) is 0.133. The summed E-state index contributed by atoms with van der Waals surface area (Å²) in [5.74, 6) is -1.67. The molecular formula is C15H13BrN2O4S. The van der Waals surface area contributed by atoms with Gasteiger partial charge in [0, 0.05) is 14.9 Å². The molecule has 2 amide bonds. The highest BCUT2D eigenvalue weighted by Crippen LogP contribution is 2.15. The largest absolute Gasteiger partial charge is 0.451 e. The quantitative estimate of drug-likeness (QED) is 0.613. The number of hydrogen-bond acceptors (Lipinski definition) is 5. The third-order valence-corrected chi connectivity index (χ3v) is 4.21. The summed E-state index contributed by atoms with van der Waals surface area (Å²) in [6, 6.07) is 10.0. The van der Waals surface area contributed by atoms with E-state index in [1.165, 1.54) is 11.3 Å². The number of esters is 1. The number of carbonyl (C=O) groups is 3. The number of aryl methyl sites for hydroxylation is 1. The fourth-order valence-electron chi connectivity index (χ4n) is 1.58. The SMILES string of the molecule is Cc1ccc(C(=O)OCC(=O)NNC(=O)c2ccc(Br)cc2)s1. The smallest absolute Gasteiger partial charge is 0.348 e. The number of hydrogen-bond donors (Lipinski definition) is 2. The minimum absolute atomic E-state index is 0.388. The Morgan fingerprint density at radius 2 is 1.78 bits per heavy atom. The molecule has 0 saturated carbocycles. The number of thiophene rings is 1. The molecule has 2 aromatic rings. The molecule has 1 heterocycles. The van der Waals surface area contributed by atoms with E-state index in [4.69, 9.17) is 4.74 Å². The molecule has 0 radical (unpaired) electrons. The van der Waals surface area contributed by atoms with Crippen molar-refractivity contribution in [2.45, 2.75) is 6.92 Å². The van der Waals surface area contributed by atoms with Crippen molar-refractivity contribution in [1.29, 1.82) is 0 Å². The number of nitrogens with one attached hydrogen (secondary N) is 2. The Balaban J connectivity index is 1.75. The van der Waals surface area contributed by atoms with Gasteiger partial charge in [0.25, 0.3) is 11.8 Å². The van der Waals surface area contributed by atoms with Crippen LogP contribution in [-0.4, -0.2) is 24.4 Å². The number of ether oxygens (including phenoxy) is 1. The molecule has 1 aromatic heterocycles. The van der Waals surface area contributed by atoms with Gasteiger partial charge in [0.15, 0.2) is 6.61 Å². The minimum atomic E-state index is -0.628. The number of benzene rings is 1. The molecule has 8 heteroatoms. The van der Waals surface area contributed by atoms with Gasteiger partial charge in [-0.15, -0.1) is 11.3 Å². The van der Waals surface area contributed by atoms with Crippen LogP contribution in [0.25, 0.3) is 0 Å². The standard InChI is InChI=1S/C15H13BrN2O4S/c1-9-2-7-12(23-9)15(21)22-8-13(19)17-18-14(20)10-3-5-11(16)6-4-10/h2-7H,8H2,1H3,(H,17,19)(H,18,20). The second kappa shape index (κ2) is 7.89. The summed E-state index contributed by atoms with van der Waals surface area (Å²) in [7, 11) is 0. The lowest BCUT2D eigenvalue weighted by Gasteiger charge is -2.07. The van der Waals surface area contributed by atoms with E-state index in [1.807, 2.05) is 6.92 Å². The maximum Gasteiger partial charge on any atom is 0.348 e. The van der Waals surface area contributed by atoms with Crippen LogP contribution in [0.3, 0.4) is 0 Å². The van der Waals surface area contributed by atoms with Crippen molar-refractivity contribution < 1.29 is 19.1 Å². The summed E-state index contributed by atoms with van der Waals surface area (Å²) >= 11 is 4.55. The van der Waals surface area contributed by atoms with E-state index in [1.54, 1.807) is 36.4 Å². The van der Waals surface area contributed by atoms with Crippen LogP contribution < -0.4 is 10.9 Å². The van der Waals surface area contributed by atoms with Crippen molar-refractivity contribution in [3.05, 3.63) is 56.2 Å². The first-order chi connectivity index (χ1) is 11.0. The normalized spacial score (nSPS) is 10.0. The molecule has 2 rings (SSSR count). The molecule has 0 bridgehead atoms. The summed E-state index contributed by atoms with van der Waals surface area (Å²) in [4.78, 5) is 36.4. The predicted octanol–water partition coefficient (Wildman–Crippen LogP) is 2.44. The second-order valence-electron chi connectivity index (χ2n) is 4.50. The lowest BCUT2D eigenvalue weighted by atomic mass is 10.2. The van der Waals surface area contributed by atoms with Crippen molar-refractivity contribution in [3.63, 3.8) is 0 Å². The van der Waals surface area contributed by atoms with Crippen LogP contribution in [0.15, 0.2) is 40.9 Å². The molecule has 6 nitrogen and oxygen atoms in total. The molecule has 2 N–H and O–H groups in total. The lowest BCUT2D eigenvalue weighted by Crippen LogP contribution is -2.43. The van der Waals surface area contributed by atoms with E-state index in [2.05, 4.69) is 26.8 Å². The van der Waals surface area contributed by atoms with Crippen molar-refractivity contribution in [2.75, 3.05) is 6.61 Å². The van der Waals surface area contributed by atoms with Crippen LogP contribution in [-0.2, 0) is 9.53 Å². The van der Waals surface area contributed by atoms with Crippen LogP contribution in [0, 0.1) is 6.92 Å². The summed E-state index contributed by atoms with van der Waals surface area (Å²) in [5, 5.41) is 0. The number of carbonyl (C=O) groups excluding carboxylic acids is 3. The molecule has 0 unspecified atom stereocenters. The number of halogens is 1. The van der Waals surface area contributed by atoms with Crippen molar-refractivity contribution in [2.24, 2.45) is 0 Å². The molecule has 120 valence electrons. The summed E-state index contributed by atoms with van der Waals surface area (Å²) in [5.41, 5.74) is 4.82. The van der Waals surface area contributed by atoms with Gasteiger partial charge in [-0.2, -0.15) is 0 Å². The Bertz CT molecular complexity index is 727. The van der Waals surface area contributed by atoms with Gasteiger partial charge in [-0.3, -0.25) is 20.4 Å². The number of rotatable bonds is 4. The highest BCUT2D eigenvalue weighted by atomic mass is 79.9. The first-order valence-corrected chi connectivity index (χ1v) is 8.15. The highest BCUT2D eigenvalue weighted by Gasteiger charge is 2.12. The van der Waals surface area contributed by atoms with E-state index < -0.39 is 24.4 Å². The Kier molecular flexibility index (Phi) is 5.89. The van der Waals surface area contributed by atoms with E-state index in [-0.39, 0.29) is 0 Å². The van der Waals surface area contributed by atoms with Gasteiger partial charge in [0.2, 0.25) is 0 Å². The van der Waals surface area contributed by atoms with Crippen LogP contribution in [0.5, 0.6) is 0 Å². The van der Waals surface area contributed by atoms with Gasteiger partial charge >= 0.3 is 5.97 Å². The Morgan fingerprint density at radius 3 is 2.39 bits per heavy atom. The van der Waals surface area contributed by atoms with Gasteiger partial charge in [-0.05, 0) is 43.3 Å². The monoisotopic (exact) mass is 396 g/mol. The first kappa shape index (κ1) is 17.2. The molecule has 0 atom stereocenters. The molecule has 0 spiro atoms. The van der Waals surface area contributed by atoms with Crippen LogP contribution >= 0.6 is 27.3 Å². The average molecular weight is 397 g/mol. The van der Waals surface area contributed by atoms with Crippen molar-refractivity contribution in [1.82, 2.24) is 10.9 Å². The first-order valence-electron chi connectivity index (χ1n) is 6.54. The van der Waals surface area contributed by atoms with E-state index in [9.17, 15) is 14.4 Å². The third kappa shape index (κ3) is 5.19. The number of amides is 2. The molecule has 0 aliphatic heterocycles. The zero-order valence-corrected chi connectivity index (χ0v) is 14.5. The maximum atomic E-state index is 11.8. The number of hydrazine groups is 1. The third-order valence-electron chi connectivity index (χ3n) is 2.70. The summed E-state index contributed by atoms with van der Waals surface area (Å²) in [6.07, 6.45) is 0. The minimum Gasteiger partial charge on any atom is -0.451 e. The molecule has 23 heavy (non-hydrogen) atoms. The average Bonchev–Trinajstić information content (AvgIpc) is 2.97. The molecule has 0 aliphatic rings. The Hall–Kier alpha value is -2.19. The van der Waals surface area contributed by atoms with Gasteiger partial charge in [-0.1, -0.05) is 15.9 Å². The lowest BCUT2D eigenvalue weighted by molar-refractivity contribution is -0.125. The Labute approximate surface area is 144 Å². The van der Waals surface area contributed by atoms with Gasteiger partial charge in [0.1, 0.15) is 4.88 Å². The fourth-order valence-corrected chi connectivity index (χ4v) is 2.61. The van der Waals surface area contributed by atoms with Crippen LogP contribution in [0.4, 0.5) is 0 Å². The highest BCUT2D eigenvalue weighted by molar-refractivity contribution is 9.10. The zero-order chi connectivity index (χ0) is 16.8. The predicted molar refractivity (Wildman–Crippen MR) is 89.1 cm³/mol. The molecule has 0 fully saturated rings. The molecular weight excluding hydrogens is 384 g/mol. The van der Waals surface area contributed by atoms with E-state index >= 15 is 0 Å². The van der Waals surface area contributed by atoms with E-state index in [0.717, 1.165) is 9.35 Å².